The van der Waals surface area contributed by atoms with Crippen molar-refractivity contribution < 1.29 is 0 Å². The summed E-state index contributed by atoms with van der Waals surface area (Å²) in [6.45, 7) is 8.43. The Bertz CT molecular complexity index is 430. The molecular formula is C9H14N4. The maximum absolute atomic E-state index is 4.27. The van der Waals surface area contributed by atoms with Gasteiger partial charge in [0.25, 0.3) is 0 Å². The molecule has 0 unspecified atom stereocenters. The van der Waals surface area contributed by atoms with Crippen LogP contribution in [0.2, 0.25) is 0 Å². The largest absolute Gasteiger partial charge is 0.259 e. The molecule has 0 aromatic carbocycles. The van der Waals surface area contributed by atoms with Crippen LogP contribution in [0.1, 0.15) is 32.2 Å². The number of aromatic amines is 1. The molecule has 0 saturated heterocycles. The van der Waals surface area contributed by atoms with Gasteiger partial charge in [-0.25, -0.2) is 0 Å². The zero-order valence-corrected chi connectivity index (χ0v) is 8.42. The van der Waals surface area contributed by atoms with Gasteiger partial charge in [0.15, 0.2) is 5.65 Å². The fraction of sp³-hybridized carbons (Fsp3) is 0.556. The Morgan fingerprint density at radius 3 is 2.69 bits per heavy atom. The topological polar surface area (TPSA) is 46.0 Å². The first-order valence-electron chi connectivity index (χ1n) is 4.39. The van der Waals surface area contributed by atoms with Crippen LogP contribution in [0, 0.1) is 6.92 Å². The Hall–Kier alpha value is -1.32. The molecule has 70 valence electrons. The summed E-state index contributed by atoms with van der Waals surface area (Å²) >= 11 is 0. The maximum atomic E-state index is 4.27. The summed E-state index contributed by atoms with van der Waals surface area (Å²) in [7, 11) is 0. The summed E-state index contributed by atoms with van der Waals surface area (Å²) in [6, 6.07) is 0. The number of fused-ring (bicyclic) bond motifs is 1. The number of aryl methyl sites for hydroxylation is 1. The molecule has 0 aliphatic heterocycles. The molecule has 0 aliphatic carbocycles. The van der Waals surface area contributed by atoms with Crippen molar-refractivity contribution in [1.29, 1.82) is 0 Å². The first kappa shape index (κ1) is 8.29. The van der Waals surface area contributed by atoms with Crippen LogP contribution < -0.4 is 0 Å². The van der Waals surface area contributed by atoms with E-state index >= 15 is 0 Å². The number of rotatable bonds is 0. The van der Waals surface area contributed by atoms with Crippen LogP contribution in [0.4, 0.5) is 0 Å². The molecule has 0 aliphatic rings. The van der Waals surface area contributed by atoms with Crippen LogP contribution in [-0.4, -0.2) is 19.8 Å². The molecule has 0 bridgehead atoms. The van der Waals surface area contributed by atoms with Crippen molar-refractivity contribution in [2.45, 2.75) is 33.1 Å². The van der Waals surface area contributed by atoms with Crippen LogP contribution >= 0.6 is 0 Å². The van der Waals surface area contributed by atoms with E-state index in [2.05, 4.69) is 36.1 Å². The van der Waals surface area contributed by atoms with Crippen molar-refractivity contribution >= 4 is 5.65 Å². The second-order valence-corrected chi connectivity index (χ2v) is 4.34. The van der Waals surface area contributed by atoms with Gasteiger partial charge in [0.1, 0.15) is 5.82 Å². The first-order chi connectivity index (χ1) is 6.00. The van der Waals surface area contributed by atoms with Gasteiger partial charge in [-0.15, -0.1) is 0 Å². The molecule has 0 spiro atoms. The Balaban J connectivity index is 2.72. The Morgan fingerprint density at radius 2 is 2.08 bits per heavy atom. The molecule has 0 amide bonds. The van der Waals surface area contributed by atoms with Gasteiger partial charge < -0.3 is 0 Å². The number of aromatic nitrogens is 4. The van der Waals surface area contributed by atoms with E-state index < -0.39 is 0 Å². The number of H-pyrrole nitrogens is 1. The van der Waals surface area contributed by atoms with Crippen LogP contribution in [0.5, 0.6) is 0 Å². The third-order valence-corrected chi connectivity index (χ3v) is 2.21. The second kappa shape index (κ2) is 2.34. The van der Waals surface area contributed by atoms with E-state index in [0.29, 0.717) is 0 Å². The highest BCUT2D eigenvalue weighted by atomic mass is 15.4. The third-order valence-electron chi connectivity index (χ3n) is 2.21. The summed E-state index contributed by atoms with van der Waals surface area (Å²) in [5.41, 5.74) is 2.32. The lowest BCUT2D eigenvalue weighted by Crippen LogP contribution is -2.10. The van der Waals surface area contributed by atoms with E-state index in [1.54, 1.807) is 0 Å². The predicted molar refractivity (Wildman–Crippen MR) is 50.8 cm³/mol. The van der Waals surface area contributed by atoms with Gasteiger partial charge in [0.2, 0.25) is 0 Å². The van der Waals surface area contributed by atoms with Crippen molar-refractivity contribution in [3.63, 3.8) is 0 Å². The number of hydrogen-bond acceptors (Lipinski definition) is 2. The SMILES string of the molecule is Cc1n[nH]c2c(C(C)(C)C)cnn12. The minimum absolute atomic E-state index is 0.112. The summed E-state index contributed by atoms with van der Waals surface area (Å²) in [4.78, 5) is 0. The van der Waals surface area contributed by atoms with Crippen LogP contribution in [0.3, 0.4) is 0 Å². The van der Waals surface area contributed by atoms with Crippen LogP contribution in [-0.2, 0) is 5.41 Å². The number of nitrogens with one attached hydrogen (secondary N) is 1. The number of hydrogen-bond donors (Lipinski definition) is 1. The van der Waals surface area contributed by atoms with E-state index in [9.17, 15) is 0 Å². The van der Waals surface area contributed by atoms with Crippen LogP contribution in [0.25, 0.3) is 5.65 Å². The molecule has 2 heterocycles. The summed E-state index contributed by atoms with van der Waals surface area (Å²) in [5, 5.41) is 11.4. The predicted octanol–water partition coefficient (Wildman–Crippen LogP) is 1.66. The molecule has 0 fully saturated rings. The van der Waals surface area contributed by atoms with Gasteiger partial charge in [0.05, 0.1) is 6.20 Å². The van der Waals surface area contributed by atoms with Gasteiger partial charge in [-0.3, -0.25) is 5.10 Å². The molecule has 4 nitrogen and oxygen atoms in total. The van der Waals surface area contributed by atoms with E-state index in [1.807, 2.05) is 17.6 Å². The van der Waals surface area contributed by atoms with Gasteiger partial charge in [-0.2, -0.15) is 14.7 Å². The number of nitrogens with zero attached hydrogens (tertiary/aromatic N) is 3. The zero-order chi connectivity index (χ0) is 9.64. The van der Waals surface area contributed by atoms with E-state index in [-0.39, 0.29) is 5.41 Å². The molecular weight excluding hydrogens is 164 g/mol. The second-order valence-electron chi connectivity index (χ2n) is 4.34. The molecule has 2 aromatic heterocycles. The Morgan fingerprint density at radius 1 is 1.38 bits per heavy atom. The Kier molecular flexibility index (Phi) is 1.49. The van der Waals surface area contributed by atoms with Gasteiger partial charge in [0, 0.05) is 5.56 Å². The lowest BCUT2D eigenvalue weighted by molar-refractivity contribution is 0.594. The molecule has 13 heavy (non-hydrogen) atoms. The lowest BCUT2D eigenvalue weighted by atomic mass is 9.89. The zero-order valence-electron chi connectivity index (χ0n) is 8.42. The minimum Gasteiger partial charge on any atom is -0.259 e. The average molecular weight is 178 g/mol. The molecule has 2 rings (SSSR count). The van der Waals surface area contributed by atoms with Gasteiger partial charge in [-0.05, 0) is 12.3 Å². The van der Waals surface area contributed by atoms with Crippen molar-refractivity contribution in [2.24, 2.45) is 0 Å². The standard InChI is InChI=1S/C9H14N4/c1-6-11-12-8-7(9(2,3)4)5-10-13(6)8/h5,12H,1-4H3. The van der Waals surface area contributed by atoms with Crippen molar-refractivity contribution in [1.82, 2.24) is 19.8 Å². The van der Waals surface area contributed by atoms with Crippen molar-refractivity contribution in [3.8, 4) is 0 Å². The van der Waals surface area contributed by atoms with Gasteiger partial charge >= 0.3 is 0 Å². The first-order valence-corrected chi connectivity index (χ1v) is 4.39. The summed E-state index contributed by atoms with van der Waals surface area (Å²) in [5.74, 6) is 0.894. The highest BCUT2D eigenvalue weighted by Crippen LogP contribution is 2.25. The molecule has 0 saturated carbocycles. The monoisotopic (exact) mass is 178 g/mol. The smallest absolute Gasteiger partial charge is 0.155 e. The van der Waals surface area contributed by atoms with Crippen molar-refractivity contribution in [2.75, 3.05) is 0 Å². The highest BCUT2D eigenvalue weighted by molar-refractivity contribution is 5.49. The quantitative estimate of drug-likeness (QED) is 0.667. The van der Waals surface area contributed by atoms with Crippen molar-refractivity contribution in [3.05, 3.63) is 17.6 Å². The third kappa shape index (κ3) is 1.13. The molecule has 0 atom stereocenters. The normalized spacial score (nSPS) is 12.6. The fourth-order valence-corrected chi connectivity index (χ4v) is 1.43. The molecule has 2 aromatic rings. The Labute approximate surface area is 77.0 Å². The fourth-order valence-electron chi connectivity index (χ4n) is 1.43. The average Bonchev–Trinajstić information content (AvgIpc) is 2.51. The summed E-state index contributed by atoms with van der Waals surface area (Å²) < 4.78 is 1.83. The molecule has 1 N–H and O–H groups in total. The maximum Gasteiger partial charge on any atom is 0.155 e. The highest BCUT2D eigenvalue weighted by Gasteiger charge is 2.20. The molecule has 4 heteroatoms. The van der Waals surface area contributed by atoms with E-state index in [1.165, 1.54) is 5.56 Å². The van der Waals surface area contributed by atoms with Crippen LogP contribution in [0.15, 0.2) is 6.20 Å². The molecule has 0 radical (unpaired) electrons. The summed E-state index contributed by atoms with van der Waals surface area (Å²) in [6.07, 6.45) is 1.90. The van der Waals surface area contributed by atoms with Gasteiger partial charge in [-0.1, -0.05) is 20.8 Å². The van der Waals surface area contributed by atoms with E-state index in [4.69, 9.17) is 0 Å². The minimum atomic E-state index is 0.112. The lowest BCUT2D eigenvalue weighted by Gasteiger charge is -2.15. The van der Waals surface area contributed by atoms with E-state index in [0.717, 1.165) is 11.5 Å².